The maximum absolute atomic E-state index is 12.4. The Balaban J connectivity index is 1.91. The Morgan fingerprint density at radius 3 is 2.42 bits per heavy atom. The maximum Gasteiger partial charge on any atom is 0.413 e. The summed E-state index contributed by atoms with van der Waals surface area (Å²) in [6, 6.07) is 8.74. The van der Waals surface area contributed by atoms with Gasteiger partial charge in [0, 0.05) is 5.41 Å². The first-order valence-electron chi connectivity index (χ1n) is 8.30. The molecule has 8 nitrogen and oxygen atoms in total. The number of alkyl carbamates (subject to hydrolysis) is 1. The summed E-state index contributed by atoms with van der Waals surface area (Å²) in [4.78, 5) is 24.0. The quantitative estimate of drug-likeness (QED) is 0.713. The SMILES string of the molecule is COC(=O)NC(=O)[C@H](C)[NH+]1CCN(S(=O)(=O)/C=C/c2ccccc2)CC1. The third-order valence-corrected chi connectivity index (χ3v) is 5.94. The molecule has 0 aliphatic carbocycles. The number of hydrogen-bond acceptors (Lipinski definition) is 5. The standard InChI is InChI=1S/C17H23N3O5S/c1-14(16(21)18-17(22)25-2)19-9-11-20(12-10-19)26(23,24)13-8-15-6-4-3-5-7-15/h3-8,13-14H,9-12H2,1-2H3,(H,18,21,22)/p+1/b13-8+/t14-/m0/s1. The van der Waals surface area contributed by atoms with Gasteiger partial charge in [-0.1, -0.05) is 30.3 Å². The number of ether oxygens (including phenoxy) is 1. The molecule has 2 amide bonds. The van der Waals surface area contributed by atoms with E-state index >= 15 is 0 Å². The largest absolute Gasteiger partial charge is 0.453 e. The summed E-state index contributed by atoms with van der Waals surface area (Å²) < 4.78 is 30.7. The van der Waals surface area contributed by atoms with Crippen molar-refractivity contribution in [1.29, 1.82) is 0 Å². The van der Waals surface area contributed by atoms with Gasteiger partial charge < -0.3 is 9.64 Å². The van der Waals surface area contributed by atoms with Gasteiger partial charge >= 0.3 is 6.09 Å². The van der Waals surface area contributed by atoms with Crippen LogP contribution < -0.4 is 10.2 Å². The van der Waals surface area contributed by atoms with Crippen molar-refractivity contribution in [3.8, 4) is 0 Å². The number of rotatable bonds is 5. The van der Waals surface area contributed by atoms with E-state index in [1.54, 1.807) is 13.0 Å². The van der Waals surface area contributed by atoms with Crippen LogP contribution in [0, 0.1) is 0 Å². The van der Waals surface area contributed by atoms with E-state index in [0.29, 0.717) is 26.2 Å². The van der Waals surface area contributed by atoms with Gasteiger partial charge in [0.2, 0.25) is 10.0 Å². The summed E-state index contributed by atoms with van der Waals surface area (Å²) >= 11 is 0. The number of amides is 2. The van der Waals surface area contributed by atoms with E-state index in [1.807, 2.05) is 30.3 Å². The van der Waals surface area contributed by atoms with Crippen molar-refractivity contribution in [2.45, 2.75) is 13.0 Å². The maximum atomic E-state index is 12.4. The minimum atomic E-state index is -3.51. The summed E-state index contributed by atoms with van der Waals surface area (Å²) in [7, 11) is -2.32. The molecule has 1 heterocycles. The number of carbonyl (C=O) groups excluding carboxylic acids is 2. The molecule has 0 saturated carbocycles. The number of quaternary nitrogens is 1. The number of sulfonamides is 1. The molecule has 1 aliphatic heterocycles. The van der Waals surface area contributed by atoms with E-state index in [2.05, 4.69) is 10.1 Å². The van der Waals surface area contributed by atoms with Crippen LogP contribution in [0.5, 0.6) is 0 Å². The number of nitrogens with zero attached hydrogens (tertiary/aromatic N) is 1. The summed E-state index contributed by atoms with van der Waals surface area (Å²) in [5.74, 6) is -0.438. The van der Waals surface area contributed by atoms with Gasteiger partial charge in [0.15, 0.2) is 6.04 Å². The first-order chi connectivity index (χ1) is 12.3. The van der Waals surface area contributed by atoms with Gasteiger partial charge in [-0.25, -0.2) is 13.2 Å². The van der Waals surface area contributed by atoms with E-state index in [-0.39, 0.29) is 0 Å². The van der Waals surface area contributed by atoms with Crippen LogP contribution in [0.15, 0.2) is 35.7 Å². The minimum Gasteiger partial charge on any atom is -0.453 e. The molecule has 9 heteroatoms. The van der Waals surface area contributed by atoms with Crippen LogP contribution in [0.3, 0.4) is 0 Å². The molecule has 0 bridgehead atoms. The fourth-order valence-electron chi connectivity index (χ4n) is 2.72. The first-order valence-corrected chi connectivity index (χ1v) is 9.80. The van der Waals surface area contributed by atoms with Gasteiger partial charge in [-0.3, -0.25) is 10.1 Å². The molecule has 1 fully saturated rings. The number of carbonyl (C=O) groups is 2. The molecule has 2 rings (SSSR count). The number of methoxy groups -OCH3 is 1. The van der Waals surface area contributed by atoms with Gasteiger partial charge in [-0.2, -0.15) is 4.31 Å². The van der Waals surface area contributed by atoms with Gasteiger partial charge in [0.1, 0.15) is 0 Å². The third kappa shape index (κ3) is 5.38. The Morgan fingerprint density at radius 2 is 1.85 bits per heavy atom. The fraction of sp³-hybridized carbons (Fsp3) is 0.412. The lowest BCUT2D eigenvalue weighted by atomic mass is 10.2. The van der Waals surface area contributed by atoms with Crippen molar-refractivity contribution >= 4 is 28.1 Å². The molecule has 0 spiro atoms. The Morgan fingerprint density at radius 1 is 1.23 bits per heavy atom. The zero-order valence-corrected chi connectivity index (χ0v) is 15.7. The molecule has 26 heavy (non-hydrogen) atoms. The normalized spacial score (nSPS) is 17.8. The molecular weight excluding hydrogens is 358 g/mol. The lowest BCUT2D eigenvalue weighted by molar-refractivity contribution is -0.917. The highest BCUT2D eigenvalue weighted by Crippen LogP contribution is 2.08. The summed E-state index contributed by atoms with van der Waals surface area (Å²) in [6.07, 6.45) is 0.773. The molecule has 1 aromatic carbocycles. The molecular formula is C17H24N3O5S+. The average molecular weight is 382 g/mol. The Hall–Kier alpha value is -2.23. The minimum absolute atomic E-state index is 0.312. The fourth-order valence-corrected chi connectivity index (χ4v) is 3.91. The summed E-state index contributed by atoms with van der Waals surface area (Å²) in [6.45, 7) is 3.29. The van der Waals surface area contributed by atoms with Crippen LogP contribution in [0.2, 0.25) is 0 Å². The molecule has 0 unspecified atom stereocenters. The van der Waals surface area contributed by atoms with Gasteiger partial charge in [-0.05, 0) is 18.6 Å². The summed E-state index contributed by atoms with van der Waals surface area (Å²) in [5, 5.41) is 3.35. The van der Waals surface area contributed by atoms with E-state index in [1.165, 1.54) is 16.8 Å². The molecule has 0 radical (unpaired) electrons. The molecule has 0 aromatic heterocycles. The molecule has 1 aliphatic rings. The van der Waals surface area contributed by atoms with Crippen molar-refractivity contribution in [2.24, 2.45) is 0 Å². The topological polar surface area (TPSA) is 97.2 Å². The highest BCUT2D eigenvalue weighted by molar-refractivity contribution is 7.92. The average Bonchev–Trinajstić information content (AvgIpc) is 2.66. The predicted octanol–water partition coefficient (Wildman–Crippen LogP) is -0.541. The van der Waals surface area contributed by atoms with Crippen molar-refractivity contribution in [1.82, 2.24) is 9.62 Å². The zero-order chi connectivity index (χ0) is 19.2. The van der Waals surface area contributed by atoms with E-state index in [9.17, 15) is 18.0 Å². The van der Waals surface area contributed by atoms with Crippen LogP contribution >= 0.6 is 0 Å². The third-order valence-electron chi connectivity index (χ3n) is 4.37. The second kappa shape index (κ2) is 8.93. The van der Waals surface area contributed by atoms with Crippen molar-refractivity contribution in [3.05, 3.63) is 41.3 Å². The number of benzene rings is 1. The van der Waals surface area contributed by atoms with Crippen LogP contribution in [-0.4, -0.2) is 64.1 Å². The molecule has 2 N–H and O–H groups in total. The number of nitrogens with one attached hydrogen (secondary N) is 2. The number of imide groups is 1. The van der Waals surface area contributed by atoms with Crippen LogP contribution in [0.1, 0.15) is 12.5 Å². The van der Waals surface area contributed by atoms with Crippen molar-refractivity contribution in [3.63, 3.8) is 0 Å². The van der Waals surface area contributed by atoms with E-state index in [0.717, 1.165) is 10.5 Å². The number of piperazine rings is 1. The van der Waals surface area contributed by atoms with Gasteiger partial charge in [-0.15, -0.1) is 0 Å². The van der Waals surface area contributed by atoms with Gasteiger partial charge in [0.05, 0.1) is 33.3 Å². The Kier molecular flexibility index (Phi) is 6.90. The molecule has 1 saturated heterocycles. The zero-order valence-electron chi connectivity index (χ0n) is 14.8. The summed E-state index contributed by atoms with van der Waals surface area (Å²) in [5.41, 5.74) is 0.813. The van der Waals surface area contributed by atoms with E-state index < -0.39 is 28.1 Å². The second-order valence-electron chi connectivity index (χ2n) is 6.02. The highest BCUT2D eigenvalue weighted by atomic mass is 32.2. The van der Waals surface area contributed by atoms with E-state index in [4.69, 9.17) is 0 Å². The monoisotopic (exact) mass is 382 g/mol. The van der Waals surface area contributed by atoms with Crippen LogP contribution in [0.4, 0.5) is 4.79 Å². The van der Waals surface area contributed by atoms with Gasteiger partial charge in [0.25, 0.3) is 5.91 Å². The number of hydrogen-bond donors (Lipinski definition) is 2. The van der Waals surface area contributed by atoms with Crippen LogP contribution in [-0.2, 0) is 19.6 Å². The second-order valence-corrected chi connectivity index (χ2v) is 7.84. The Bertz CT molecular complexity index is 756. The highest BCUT2D eigenvalue weighted by Gasteiger charge is 2.33. The lowest BCUT2D eigenvalue weighted by Crippen LogP contribution is -3.19. The first kappa shape index (κ1) is 20.1. The van der Waals surface area contributed by atoms with Crippen LogP contribution in [0.25, 0.3) is 6.08 Å². The molecule has 142 valence electrons. The molecule has 1 aromatic rings. The smallest absolute Gasteiger partial charge is 0.413 e. The van der Waals surface area contributed by atoms with Crippen molar-refractivity contribution < 1.29 is 27.6 Å². The predicted molar refractivity (Wildman–Crippen MR) is 96.7 cm³/mol. The Labute approximate surface area is 153 Å². The lowest BCUT2D eigenvalue weighted by Gasteiger charge is -2.33. The van der Waals surface area contributed by atoms with Crippen molar-refractivity contribution in [2.75, 3.05) is 33.3 Å². The molecule has 1 atom stereocenters.